The molecule has 2 aromatic carbocycles. The van der Waals surface area contributed by atoms with Crippen LogP contribution in [-0.2, 0) is 13.0 Å². The Labute approximate surface area is 232 Å². The van der Waals surface area contributed by atoms with Gasteiger partial charge in [-0.05, 0) is 114 Å². The maximum atomic E-state index is 6.70. The van der Waals surface area contributed by atoms with Crippen LogP contribution >= 0.6 is 0 Å². The monoisotopic (exact) mass is 514 g/mol. The molecule has 1 heterocycles. The SMILES string of the molecule is CC(=CC=C[C@]1(C)CCc2c(C)c(OCc3ccccc3)c(C)c(C)c2O1)CCC=C(C)CCCC(C)C. The van der Waals surface area contributed by atoms with Gasteiger partial charge in [0.1, 0.15) is 23.7 Å². The fourth-order valence-electron chi connectivity index (χ4n) is 5.25. The van der Waals surface area contributed by atoms with Crippen LogP contribution in [0.25, 0.3) is 0 Å². The number of fused-ring (bicyclic) bond motifs is 1. The number of allylic oxidation sites excluding steroid dienone is 5. The van der Waals surface area contributed by atoms with Gasteiger partial charge >= 0.3 is 0 Å². The molecule has 0 unspecified atom stereocenters. The van der Waals surface area contributed by atoms with Gasteiger partial charge in [-0.1, -0.05) is 80.0 Å². The molecule has 206 valence electrons. The van der Waals surface area contributed by atoms with Gasteiger partial charge in [-0.3, -0.25) is 0 Å². The molecule has 1 atom stereocenters. The zero-order valence-electron chi connectivity index (χ0n) is 25.2. The molecule has 38 heavy (non-hydrogen) atoms. The van der Waals surface area contributed by atoms with Crippen LogP contribution in [0.4, 0.5) is 0 Å². The molecule has 0 fully saturated rings. The third kappa shape index (κ3) is 8.38. The first kappa shape index (κ1) is 29.8. The fraction of sp³-hybridized carbons (Fsp3) is 0.500. The lowest BCUT2D eigenvalue weighted by molar-refractivity contribution is 0.112. The molecule has 0 aliphatic carbocycles. The number of rotatable bonds is 12. The molecule has 2 aromatic rings. The Kier molecular flexibility index (Phi) is 10.9. The lowest BCUT2D eigenvalue weighted by Crippen LogP contribution is -2.35. The molecule has 0 N–H and O–H groups in total. The minimum absolute atomic E-state index is 0.299. The third-order valence-electron chi connectivity index (χ3n) is 7.96. The average Bonchev–Trinajstić information content (AvgIpc) is 2.87. The summed E-state index contributed by atoms with van der Waals surface area (Å²) in [5, 5.41) is 0. The second-order valence-corrected chi connectivity index (χ2v) is 11.9. The summed E-state index contributed by atoms with van der Waals surface area (Å²) in [5.41, 5.74) is 8.71. The van der Waals surface area contributed by atoms with Crippen LogP contribution in [0.5, 0.6) is 11.5 Å². The van der Waals surface area contributed by atoms with Gasteiger partial charge in [0.15, 0.2) is 0 Å². The molecule has 3 rings (SSSR count). The van der Waals surface area contributed by atoms with Gasteiger partial charge in [0, 0.05) is 5.56 Å². The molecule has 1 aliphatic rings. The van der Waals surface area contributed by atoms with Gasteiger partial charge in [-0.25, -0.2) is 0 Å². The lowest BCUT2D eigenvalue weighted by Gasteiger charge is -2.36. The van der Waals surface area contributed by atoms with E-state index in [1.165, 1.54) is 58.2 Å². The van der Waals surface area contributed by atoms with Crippen LogP contribution in [-0.4, -0.2) is 5.60 Å². The van der Waals surface area contributed by atoms with E-state index >= 15 is 0 Å². The Balaban J connectivity index is 1.61. The molecule has 2 heteroatoms. The van der Waals surface area contributed by atoms with Gasteiger partial charge in [0.25, 0.3) is 0 Å². The van der Waals surface area contributed by atoms with E-state index in [0.29, 0.717) is 6.61 Å². The summed E-state index contributed by atoms with van der Waals surface area (Å²) < 4.78 is 13.0. The van der Waals surface area contributed by atoms with Crippen molar-refractivity contribution < 1.29 is 9.47 Å². The Morgan fingerprint density at radius 2 is 1.74 bits per heavy atom. The number of hydrogen-bond acceptors (Lipinski definition) is 2. The van der Waals surface area contributed by atoms with Crippen molar-refractivity contribution in [3.8, 4) is 11.5 Å². The average molecular weight is 515 g/mol. The van der Waals surface area contributed by atoms with Crippen molar-refractivity contribution in [2.24, 2.45) is 5.92 Å². The highest BCUT2D eigenvalue weighted by Gasteiger charge is 2.32. The lowest BCUT2D eigenvalue weighted by atomic mass is 9.87. The topological polar surface area (TPSA) is 18.5 Å². The van der Waals surface area contributed by atoms with E-state index in [0.717, 1.165) is 43.1 Å². The predicted octanol–water partition coefficient (Wildman–Crippen LogP) is 10.3. The maximum absolute atomic E-state index is 6.70. The first-order valence-electron chi connectivity index (χ1n) is 14.6. The molecular formula is C36H50O2. The van der Waals surface area contributed by atoms with Crippen molar-refractivity contribution in [3.63, 3.8) is 0 Å². The fourth-order valence-corrected chi connectivity index (χ4v) is 5.25. The molecule has 0 spiro atoms. The van der Waals surface area contributed by atoms with E-state index in [1.807, 2.05) is 6.07 Å². The Hall–Kier alpha value is -2.74. The molecule has 1 aliphatic heterocycles. The summed E-state index contributed by atoms with van der Waals surface area (Å²) in [4.78, 5) is 0. The van der Waals surface area contributed by atoms with E-state index in [4.69, 9.17) is 9.47 Å². The quantitative estimate of drug-likeness (QED) is 0.207. The second kappa shape index (κ2) is 13.9. The normalized spacial score (nSPS) is 18.1. The van der Waals surface area contributed by atoms with E-state index in [2.05, 4.69) is 104 Å². The van der Waals surface area contributed by atoms with Gasteiger partial charge in [0.2, 0.25) is 0 Å². The van der Waals surface area contributed by atoms with Crippen molar-refractivity contribution in [1.82, 2.24) is 0 Å². The summed E-state index contributed by atoms with van der Waals surface area (Å²) in [5.74, 6) is 2.86. The van der Waals surface area contributed by atoms with Crippen LogP contribution in [0.2, 0.25) is 0 Å². The second-order valence-electron chi connectivity index (χ2n) is 11.9. The van der Waals surface area contributed by atoms with E-state index in [9.17, 15) is 0 Å². The van der Waals surface area contributed by atoms with Crippen LogP contribution in [0.3, 0.4) is 0 Å². The highest BCUT2D eigenvalue weighted by Crippen LogP contribution is 2.44. The number of ether oxygens (including phenoxy) is 2. The third-order valence-corrected chi connectivity index (χ3v) is 7.96. The molecule has 0 amide bonds. The zero-order chi connectivity index (χ0) is 27.7. The molecule has 0 bridgehead atoms. The molecule has 0 radical (unpaired) electrons. The van der Waals surface area contributed by atoms with Crippen LogP contribution in [0, 0.1) is 26.7 Å². The van der Waals surface area contributed by atoms with Crippen molar-refractivity contribution >= 4 is 0 Å². The molecule has 0 saturated carbocycles. The van der Waals surface area contributed by atoms with Crippen LogP contribution in [0.1, 0.15) is 101 Å². The van der Waals surface area contributed by atoms with Crippen molar-refractivity contribution in [3.05, 3.63) is 93.6 Å². The van der Waals surface area contributed by atoms with Crippen molar-refractivity contribution in [1.29, 1.82) is 0 Å². The van der Waals surface area contributed by atoms with Crippen molar-refractivity contribution in [2.45, 2.75) is 113 Å². The van der Waals surface area contributed by atoms with E-state index in [-0.39, 0.29) is 5.60 Å². The predicted molar refractivity (Wildman–Crippen MR) is 163 cm³/mol. The minimum Gasteiger partial charge on any atom is -0.488 e. The zero-order valence-corrected chi connectivity index (χ0v) is 25.2. The van der Waals surface area contributed by atoms with Gasteiger partial charge in [-0.15, -0.1) is 0 Å². The minimum atomic E-state index is -0.299. The first-order valence-corrected chi connectivity index (χ1v) is 14.6. The largest absolute Gasteiger partial charge is 0.488 e. The molecule has 0 saturated heterocycles. The summed E-state index contributed by atoms with van der Waals surface area (Å²) in [6.07, 6.45) is 17.2. The first-order chi connectivity index (χ1) is 18.1. The summed E-state index contributed by atoms with van der Waals surface area (Å²) >= 11 is 0. The van der Waals surface area contributed by atoms with Crippen molar-refractivity contribution in [2.75, 3.05) is 0 Å². The Morgan fingerprint density at radius 3 is 2.45 bits per heavy atom. The maximum Gasteiger partial charge on any atom is 0.127 e. The van der Waals surface area contributed by atoms with Crippen LogP contribution < -0.4 is 9.47 Å². The highest BCUT2D eigenvalue weighted by atomic mass is 16.5. The highest BCUT2D eigenvalue weighted by molar-refractivity contribution is 5.59. The molecular weight excluding hydrogens is 464 g/mol. The molecule has 2 nitrogen and oxygen atoms in total. The van der Waals surface area contributed by atoms with E-state index in [1.54, 1.807) is 0 Å². The van der Waals surface area contributed by atoms with E-state index < -0.39 is 0 Å². The summed E-state index contributed by atoms with van der Waals surface area (Å²) in [6, 6.07) is 10.4. The Bertz CT molecular complexity index is 1150. The van der Waals surface area contributed by atoms with Gasteiger partial charge in [-0.2, -0.15) is 0 Å². The van der Waals surface area contributed by atoms with Crippen LogP contribution in [0.15, 0.2) is 65.8 Å². The summed E-state index contributed by atoms with van der Waals surface area (Å²) in [7, 11) is 0. The standard InChI is InChI=1S/C36H50O2/c1-26(2)15-12-16-27(3)17-13-18-28(4)19-14-23-36(8)24-22-33-31(7)34(29(5)30(6)35(33)38-36)37-25-32-20-10-9-11-21-32/h9-11,14,17,19-21,23,26H,12-13,15-16,18,22,24-25H2,1-8H3/t36-/m1/s1. The number of hydrogen-bond donors (Lipinski definition) is 0. The summed E-state index contributed by atoms with van der Waals surface area (Å²) in [6.45, 7) is 18.4. The van der Waals surface area contributed by atoms with Gasteiger partial charge < -0.3 is 9.47 Å². The number of benzene rings is 2. The smallest absolute Gasteiger partial charge is 0.127 e. The Morgan fingerprint density at radius 1 is 1.00 bits per heavy atom. The molecule has 0 aromatic heterocycles. The van der Waals surface area contributed by atoms with Gasteiger partial charge in [0.05, 0.1) is 0 Å².